The number of ether oxygens (including phenoxy) is 9. The quantitative estimate of drug-likeness (QED) is 0.00685. The maximum absolute atomic E-state index is 11.1. The Morgan fingerprint density at radius 2 is 0.817 bits per heavy atom. The summed E-state index contributed by atoms with van der Waals surface area (Å²) in [5.41, 5.74) is 32.7. The predicted molar refractivity (Wildman–Crippen MR) is 352 cm³/mol. The molecule has 7 unspecified atom stereocenters. The van der Waals surface area contributed by atoms with Crippen LogP contribution in [0.25, 0.3) is 41.8 Å². The molecule has 0 radical (unpaired) electrons. The summed E-state index contributed by atoms with van der Waals surface area (Å²) in [5, 5.41) is 55.0. The van der Waals surface area contributed by atoms with Crippen molar-refractivity contribution in [3.63, 3.8) is 0 Å². The topological polar surface area (TPSA) is 477 Å². The molecule has 6 aliphatic heterocycles. The molecule has 0 spiro atoms. The smallest absolute Gasteiger partial charge is 0.459 e. The molecule has 0 aromatic carbocycles. The molecule has 32 nitrogen and oxygen atoms in total. The van der Waals surface area contributed by atoms with Gasteiger partial charge in [0.1, 0.15) is 24.4 Å². The summed E-state index contributed by atoms with van der Waals surface area (Å²) in [4.78, 5) is 52.5. The van der Waals surface area contributed by atoms with E-state index in [9.17, 15) is 29.2 Å². The van der Waals surface area contributed by atoms with E-state index in [0.29, 0.717) is 57.7 Å². The number of rotatable bonds is 26. The highest BCUT2D eigenvalue weighted by molar-refractivity contribution is 14.1. The Kier molecular flexibility index (Phi) is 46.0. The lowest BCUT2D eigenvalue weighted by atomic mass is 9.91. The van der Waals surface area contributed by atoms with Gasteiger partial charge in [-0.15, -0.1) is 9.42 Å². The first-order chi connectivity index (χ1) is 45.2. The summed E-state index contributed by atoms with van der Waals surface area (Å²) in [6, 6.07) is 0. The normalized spacial score (nSPS) is 34.6. The van der Waals surface area contributed by atoms with Crippen molar-refractivity contribution in [3.05, 3.63) is 41.8 Å². The lowest BCUT2D eigenvalue weighted by Gasteiger charge is -2.21. The lowest BCUT2D eigenvalue weighted by molar-refractivity contribution is -0.151. The van der Waals surface area contributed by atoms with Crippen LogP contribution in [-0.2, 0) is 66.1 Å². The zero-order chi connectivity index (χ0) is 72.3. The van der Waals surface area contributed by atoms with E-state index in [-0.39, 0.29) is 160 Å². The third-order valence-corrected chi connectivity index (χ3v) is 17.9. The molecule has 0 amide bonds. The van der Waals surface area contributed by atoms with E-state index in [1.54, 1.807) is 13.8 Å². The van der Waals surface area contributed by atoms with Gasteiger partial charge < -0.3 is 68.2 Å². The summed E-state index contributed by atoms with van der Waals surface area (Å²) < 4.78 is 79.2. The Labute approximate surface area is 565 Å². The van der Waals surface area contributed by atoms with Crippen LogP contribution in [0.4, 0.5) is 0 Å². The first-order valence-electron chi connectivity index (χ1n) is 33.1. The van der Waals surface area contributed by atoms with Gasteiger partial charge in [0.2, 0.25) is 1.43 Å². The number of hydrogen-bond acceptors (Lipinski definition) is 23. The van der Waals surface area contributed by atoms with E-state index in [4.69, 9.17) is 87.2 Å². The number of nitrogens with zero attached hydrogens (tertiary/aromatic N) is 12. The fourth-order valence-electron chi connectivity index (χ4n) is 12.7. The fraction of sp³-hybridized carbons (Fsp3) is 0.949. The summed E-state index contributed by atoms with van der Waals surface area (Å²) in [5.74, 6) is -0.397. The number of esters is 3. The van der Waals surface area contributed by atoms with Gasteiger partial charge in [0.25, 0.3) is 0 Å². The van der Waals surface area contributed by atoms with Crippen LogP contribution in [0.3, 0.4) is 0 Å². The highest BCUT2D eigenvalue weighted by Crippen LogP contribution is 2.39. The minimum atomic E-state index is -2.72. The fourth-order valence-corrected chi connectivity index (χ4v) is 13.9. The number of hydrogen-bond donors (Lipinski definition) is 6. The van der Waals surface area contributed by atoms with Crippen LogP contribution in [0.1, 0.15) is 162 Å². The predicted octanol–water partition coefficient (Wildman–Crippen LogP) is 10.2. The van der Waals surface area contributed by atoms with E-state index >= 15 is 0 Å². The second-order valence-electron chi connectivity index (χ2n) is 23.1. The van der Waals surface area contributed by atoms with Crippen molar-refractivity contribution < 1.29 is 97.9 Å². The molecule has 6 N–H and O–H groups in total. The van der Waals surface area contributed by atoms with E-state index in [0.717, 1.165) is 36.5 Å². The van der Waals surface area contributed by atoms with Gasteiger partial charge in [0.05, 0.1) is 92.1 Å². The zero-order valence-electron chi connectivity index (χ0n) is 58.6. The number of aliphatic hydroxyl groups is 5. The van der Waals surface area contributed by atoms with Gasteiger partial charge in [0, 0.05) is 126 Å². The Bertz CT molecular complexity index is 2220. The van der Waals surface area contributed by atoms with Gasteiger partial charge in [0.15, 0.2) is 0 Å². The van der Waals surface area contributed by atoms with Crippen molar-refractivity contribution in [1.29, 1.82) is 1.43 Å². The van der Waals surface area contributed by atoms with Crippen molar-refractivity contribution in [1.82, 2.24) is 0 Å². The standard InChI is InChI=1S/C11H19IO3.C11H19N3O3.C11H20O4.C9H17N3O2.C8H14N3O5P.C8H15N3O2.CH4O/c1-4-10-9(5-6-12)11(7(2)14-10)15-8(3)13;1-4-10-9(5-6-13-14-12)11(7(2)16-10)17-8(3)15;1-4-10-9(5-6-12)11(7(2)14-10)15-8(3)13;1-3-8-7(4-5-11-12-10)9(13)6(2)14-8;1-5-8(16-17(13)14)6(2-3-10-11-9)7(4-12)15-5;1-5-7(3-4-10-11-9)8(12)6(2)13-5;1-2/h7,9-11H,4-6H2,1-3H3;7,9-11H,4-6H2,1-3H3;7,9-12H,4-6H2,1-3H3;6-9,13H,3-5H2,1-2H3;5-8,12H,2-4H2,1H3;5-8,12H,3-4H2,1-2H3;2H,1H3/p+1/t3*7-,9?,10+,11+;6-,7?,8+,9+;5-,6?,7+,8+;5-,6+,7?,8-;/m000001./s1/i;;;;;1D;2T. The van der Waals surface area contributed by atoms with E-state index in [2.05, 4.69) is 74.7 Å². The zero-order valence-corrected chi connectivity index (χ0v) is 59.7. The van der Waals surface area contributed by atoms with Gasteiger partial charge >= 0.3 is 26.2 Å². The molecule has 93 heavy (non-hydrogen) atoms. The summed E-state index contributed by atoms with van der Waals surface area (Å²) in [6.07, 6.45) is 4.68. The molecule has 34 heteroatoms. The van der Waals surface area contributed by atoms with Crippen molar-refractivity contribution in [3.8, 4) is 0 Å². The highest BCUT2D eigenvalue weighted by Gasteiger charge is 2.48. The first kappa shape index (κ1) is 85.0. The van der Waals surface area contributed by atoms with Crippen LogP contribution >= 0.6 is 30.8 Å². The minimum absolute atomic E-state index is 0.0341. The molecular weight excluding hydrogens is 1350 g/mol. The minimum Gasteiger partial charge on any atom is -0.459 e. The monoisotopic (exact) mass is 1470 g/mol. The van der Waals surface area contributed by atoms with Crippen molar-refractivity contribution in [2.75, 3.05) is 50.9 Å². The number of carbonyl (C=O) groups excluding carboxylic acids is 3. The van der Waals surface area contributed by atoms with Crippen molar-refractivity contribution in [2.45, 2.75) is 271 Å². The van der Waals surface area contributed by atoms with Crippen LogP contribution in [-0.4, -0.2) is 211 Å². The second-order valence-corrected chi connectivity index (χ2v) is 24.8. The maximum Gasteiger partial charge on any atom is 0.695 e. The Balaban J connectivity index is 0.00000111. The number of halogens is 1. The first-order valence-corrected chi connectivity index (χ1v) is 34.6. The van der Waals surface area contributed by atoms with Crippen LogP contribution in [0.15, 0.2) is 20.5 Å². The summed E-state index contributed by atoms with van der Waals surface area (Å²) >= 11 is 2.36. The van der Waals surface area contributed by atoms with Crippen LogP contribution < -0.4 is 0 Å². The van der Waals surface area contributed by atoms with Gasteiger partial charge in [-0.05, 0) is 135 Å². The third kappa shape index (κ3) is 31.4. The molecule has 6 rings (SSSR count). The molecule has 0 saturated carbocycles. The number of aliphatic hydroxyl groups excluding tert-OH is 5. The average molecular weight is 1470 g/mol. The van der Waals surface area contributed by atoms with Crippen molar-refractivity contribution in [2.24, 2.45) is 56.0 Å². The third-order valence-electron chi connectivity index (χ3n) is 16.9. The van der Waals surface area contributed by atoms with E-state index in [1.807, 2.05) is 48.5 Å². The van der Waals surface area contributed by atoms with E-state index < -0.39 is 32.7 Å². The SMILES string of the molecule is CC[C@H]1O[C@@H](C)[C@@H](O)C1CCN=[N+]=[N-].CC[C@H]1O[C@@H](C)[C@@H](OC(C)=O)C1CCI.CC[C@H]1O[C@@H](C)[C@@H](OC(C)=O)C1CCN=[N+]=[N-].CC[C@H]1O[C@@H](C)[C@@H](OC(C)=O)C1CCO.C[C@@H]1O[C@H](CO)C(CCN=[N+]=[N-])[C@@H]1O[P+](=O)O.[2H]C[C@H]1O[C@@H](C)[C@@H](O)C1CCN=[N+]=[N-].[3H]OC. The molecule has 0 bridgehead atoms. The van der Waals surface area contributed by atoms with Crippen LogP contribution in [0, 0.1) is 35.5 Å². The van der Waals surface area contributed by atoms with Crippen LogP contribution in [0.5, 0.6) is 0 Å². The molecule has 0 aliphatic carbocycles. The molecular formula is C59H109IN12O20P+. The highest BCUT2D eigenvalue weighted by atomic mass is 127. The average Bonchev–Trinajstić information content (AvgIpc) is 1.74. The molecule has 6 aliphatic rings. The molecule has 25 atom stereocenters. The van der Waals surface area contributed by atoms with Crippen molar-refractivity contribution >= 4 is 48.8 Å². The molecule has 0 aromatic rings. The van der Waals surface area contributed by atoms with Gasteiger partial charge in [-0.2, -0.15) is 0 Å². The number of carbonyl (C=O) groups is 3. The number of alkyl halides is 1. The second kappa shape index (κ2) is 50.3. The molecule has 6 fully saturated rings. The van der Waals surface area contributed by atoms with Crippen LogP contribution in [0.2, 0.25) is 0 Å². The Morgan fingerprint density at radius 3 is 1.15 bits per heavy atom. The molecule has 6 heterocycles. The number of azide groups is 4. The molecule has 0 aromatic heterocycles. The Morgan fingerprint density at radius 1 is 0.516 bits per heavy atom. The maximum atomic E-state index is 11.1. The lowest BCUT2D eigenvalue weighted by Crippen LogP contribution is -2.31. The van der Waals surface area contributed by atoms with Gasteiger partial charge in [-0.25, -0.2) is 0 Å². The summed E-state index contributed by atoms with van der Waals surface area (Å²) in [6.45, 7) is 25.2. The molecule has 6 saturated heterocycles. The Hall–Kier alpha value is -4.04. The van der Waals surface area contributed by atoms with Gasteiger partial charge in [-0.1, -0.05) is 70.7 Å². The molecule has 536 valence electrons. The summed E-state index contributed by atoms with van der Waals surface area (Å²) in [7, 11) is -1.43. The largest absolute Gasteiger partial charge is 0.695 e. The van der Waals surface area contributed by atoms with E-state index in [1.165, 1.54) is 27.9 Å². The van der Waals surface area contributed by atoms with Gasteiger partial charge in [-0.3, -0.25) is 14.4 Å².